The van der Waals surface area contributed by atoms with Crippen molar-refractivity contribution in [3.05, 3.63) is 45.3 Å². The molecule has 2 aromatic rings. The van der Waals surface area contributed by atoms with E-state index in [9.17, 15) is 18.0 Å². The van der Waals surface area contributed by atoms with E-state index < -0.39 is 22.0 Å². The van der Waals surface area contributed by atoms with Crippen LogP contribution in [0.1, 0.15) is 36.7 Å². The molecule has 7 nitrogen and oxygen atoms in total. The van der Waals surface area contributed by atoms with Crippen LogP contribution in [0.4, 0.5) is 5.69 Å². The van der Waals surface area contributed by atoms with E-state index in [2.05, 4.69) is 9.46 Å². The molecule has 0 aliphatic rings. The van der Waals surface area contributed by atoms with Gasteiger partial charge in [-0.2, -0.15) is 0 Å². The monoisotopic (exact) mass is 397 g/mol. The number of methoxy groups -OCH3 is 2. The first kappa shape index (κ1) is 19.9. The fourth-order valence-electron chi connectivity index (χ4n) is 2.34. The lowest BCUT2D eigenvalue weighted by atomic mass is 10.1. The van der Waals surface area contributed by atoms with Gasteiger partial charge in [-0.1, -0.05) is 12.1 Å². The summed E-state index contributed by atoms with van der Waals surface area (Å²) in [5.74, 6) is -1.55. The number of nitrogens with one attached hydrogen (secondary N) is 1. The van der Waals surface area contributed by atoms with E-state index in [0.29, 0.717) is 17.0 Å². The predicted octanol–water partition coefficient (Wildman–Crippen LogP) is 3.05. The topological polar surface area (TPSA) is 98.8 Å². The van der Waals surface area contributed by atoms with Gasteiger partial charge in [-0.3, -0.25) is 4.72 Å². The Morgan fingerprint density at radius 2 is 1.65 bits per heavy atom. The highest BCUT2D eigenvalue weighted by molar-refractivity contribution is 7.94. The molecule has 1 heterocycles. The number of ether oxygens (including phenoxy) is 2. The summed E-state index contributed by atoms with van der Waals surface area (Å²) in [4.78, 5) is 24.1. The smallest absolute Gasteiger partial charge is 0.348 e. The minimum Gasteiger partial charge on any atom is -0.465 e. The molecule has 0 bridgehead atoms. The number of esters is 2. The average molecular weight is 397 g/mol. The number of anilines is 1. The summed E-state index contributed by atoms with van der Waals surface area (Å²) >= 11 is 0.673. The minimum absolute atomic E-state index is 0.0363. The fourth-order valence-corrected chi connectivity index (χ4v) is 5.21. The molecular formula is C17H19NO6S2. The molecule has 26 heavy (non-hydrogen) atoms. The first-order valence-corrected chi connectivity index (χ1v) is 9.82. The van der Waals surface area contributed by atoms with Crippen molar-refractivity contribution in [1.82, 2.24) is 0 Å². The summed E-state index contributed by atoms with van der Waals surface area (Å²) in [6.07, 6.45) is 0. The zero-order valence-corrected chi connectivity index (χ0v) is 16.6. The third kappa shape index (κ3) is 3.73. The van der Waals surface area contributed by atoms with Gasteiger partial charge < -0.3 is 9.47 Å². The molecule has 0 amide bonds. The molecule has 0 saturated carbocycles. The summed E-state index contributed by atoms with van der Waals surface area (Å²) in [6.45, 7) is 5.08. The second-order valence-corrected chi connectivity index (χ2v) is 8.52. The maximum absolute atomic E-state index is 12.9. The Bertz CT molecular complexity index is 975. The van der Waals surface area contributed by atoms with Crippen LogP contribution in [0.5, 0.6) is 0 Å². The van der Waals surface area contributed by atoms with Crippen molar-refractivity contribution in [2.24, 2.45) is 0 Å². The fraction of sp³-hybridized carbons (Fsp3) is 0.294. The quantitative estimate of drug-likeness (QED) is 0.779. The van der Waals surface area contributed by atoms with Gasteiger partial charge in [-0.15, -0.1) is 11.3 Å². The molecule has 0 atom stereocenters. The van der Waals surface area contributed by atoms with E-state index in [4.69, 9.17) is 4.74 Å². The number of carbonyl (C=O) groups excluding carboxylic acids is 2. The van der Waals surface area contributed by atoms with Crippen LogP contribution in [0, 0.1) is 20.8 Å². The zero-order valence-electron chi connectivity index (χ0n) is 15.0. The lowest BCUT2D eigenvalue weighted by Gasteiger charge is -2.11. The Kier molecular flexibility index (Phi) is 5.72. The van der Waals surface area contributed by atoms with E-state index in [1.54, 1.807) is 19.1 Å². The molecular weight excluding hydrogens is 378 g/mol. The normalized spacial score (nSPS) is 11.1. The molecule has 0 saturated heterocycles. The number of hydrogen-bond donors (Lipinski definition) is 1. The van der Waals surface area contributed by atoms with Crippen LogP contribution in [0.15, 0.2) is 22.4 Å². The second kappa shape index (κ2) is 7.46. The van der Waals surface area contributed by atoms with Crippen LogP contribution in [-0.2, 0) is 19.5 Å². The minimum atomic E-state index is -4.12. The number of benzene rings is 1. The highest BCUT2D eigenvalue weighted by Gasteiger charge is 2.32. The molecule has 1 aromatic heterocycles. The third-order valence-electron chi connectivity index (χ3n) is 3.76. The average Bonchev–Trinajstić information content (AvgIpc) is 2.94. The molecule has 0 fully saturated rings. The van der Waals surface area contributed by atoms with Gasteiger partial charge in [0.1, 0.15) is 4.88 Å². The number of hydrogen-bond acceptors (Lipinski definition) is 7. The van der Waals surface area contributed by atoms with Gasteiger partial charge in [0.2, 0.25) is 0 Å². The molecule has 0 unspecified atom stereocenters. The van der Waals surface area contributed by atoms with Crippen molar-refractivity contribution >= 4 is 39.0 Å². The Balaban J connectivity index is 2.63. The Labute approximate surface area is 156 Å². The van der Waals surface area contributed by atoms with Gasteiger partial charge in [-0.25, -0.2) is 18.0 Å². The number of aryl methyl sites for hydroxylation is 2. The van der Waals surface area contributed by atoms with Crippen LogP contribution in [-0.4, -0.2) is 34.6 Å². The third-order valence-corrected chi connectivity index (χ3v) is 6.91. The summed E-state index contributed by atoms with van der Waals surface area (Å²) in [6, 6.07) is 5.33. The first-order chi connectivity index (χ1) is 12.1. The molecule has 140 valence electrons. The summed E-state index contributed by atoms with van der Waals surface area (Å²) in [5, 5.41) is 0. The zero-order chi connectivity index (χ0) is 19.6. The van der Waals surface area contributed by atoms with Crippen LogP contribution >= 0.6 is 11.3 Å². The van der Waals surface area contributed by atoms with E-state index >= 15 is 0 Å². The predicted molar refractivity (Wildman–Crippen MR) is 98.5 cm³/mol. The standard InChI is InChI=1S/C17H19NO6S2/c1-9-6-7-10(2)12(8-9)18-26(21,22)17-13(15(19)23-4)11(3)14(25-17)16(20)24-5/h6-8,18H,1-5H3. The van der Waals surface area contributed by atoms with E-state index in [0.717, 1.165) is 18.2 Å². The van der Waals surface area contributed by atoms with E-state index in [-0.39, 0.29) is 20.2 Å². The maximum Gasteiger partial charge on any atom is 0.348 e. The number of thiophene rings is 1. The lowest BCUT2D eigenvalue weighted by molar-refractivity contribution is 0.0596. The first-order valence-electron chi connectivity index (χ1n) is 7.52. The number of sulfonamides is 1. The molecule has 0 aliphatic carbocycles. The lowest BCUT2D eigenvalue weighted by Crippen LogP contribution is -2.16. The Morgan fingerprint density at radius 3 is 2.23 bits per heavy atom. The molecule has 9 heteroatoms. The van der Waals surface area contributed by atoms with E-state index in [1.165, 1.54) is 14.0 Å². The van der Waals surface area contributed by atoms with Crippen molar-refractivity contribution in [2.75, 3.05) is 18.9 Å². The molecule has 0 radical (unpaired) electrons. The van der Waals surface area contributed by atoms with Gasteiger partial charge in [0, 0.05) is 0 Å². The SMILES string of the molecule is COC(=O)c1sc(S(=O)(=O)Nc2cc(C)ccc2C)c(C(=O)OC)c1C. The highest BCUT2D eigenvalue weighted by Crippen LogP contribution is 2.34. The summed E-state index contributed by atoms with van der Waals surface area (Å²) < 4.78 is 37.4. The summed E-state index contributed by atoms with van der Waals surface area (Å²) in [5.41, 5.74) is 2.02. The Morgan fingerprint density at radius 1 is 1.04 bits per heavy atom. The number of carbonyl (C=O) groups is 2. The summed E-state index contributed by atoms with van der Waals surface area (Å²) in [7, 11) is -1.79. The van der Waals surface area contributed by atoms with Crippen molar-refractivity contribution in [3.8, 4) is 0 Å². The van der Waals surface area contributed by atoms with Crippen molar-refractivity contribution < 1.29 is 27.5 Å². The maximum atomic E-state index is 12.9. The molecule has 1 aromatic carbocycles. The van der Waals surface area contributed by atoms with Crippen LogP contribution < -0.4 is 4.72 Å². The van der Waals surface area contributed by atoms with Crippen molar-refractivity contribution in [3.63, 3.8) is 0 Å². The van der Waals surface area contributed by atoms with Crippen LogP contribution in [0.3, 0.4) is 0 Å². The molecule has 1 N–H and O–H groups in total. The van der Waals surface area contributed by atoms with Gasteiger partial charge in [0.25, 0.3) is 10.0 Å². The molecule has 0 aliphatic heterocycles. The van der Waals surface area contributed by atoms with Crippen LogP contribution in [0.25, 0.3) is 0 Å². The van der Waals surface area contributed by atoms with Gasteiger partial charge in [-0.05, 0) is 43.5 Å². The number of rotatable bonds is 5. The van der Waals surface area contributed by atoms with Gasteiger partial charge in [0.05, 0.1) is 25.5 Å². The second-order valence-electron chi connectivity index (χ2n) is 5.63. The highest BCUT2D eigenvalue weighted by atomic mass is 32.2. The van der Waals surface area contributed by atoms with Crippen molar-refractivity contribution in [2.45, 2.75) is 25.0 Å². The van der Waals surface area contributed by atoms with Crippen LogP contribution in [0.2, 0.25) is 0 Å². The largest absolute Gasteiger partial charge is 0.465 e. The molecule has 0 spiro atoms. The van der Waals surface area contributed by atoms with Crippen molar-refractivity contribution in [1.29, 1.82) is 0 Å². The Hall–Kier alpha value is -2.39. The van der Waals surface area contributed by atoms with Gasteiger partial charge in [0.15, 0.2) is 4.21 Å². The molecule has 2 rings (SSSR count). The van der Waals surface area contributed by atoms with Gasteiger partial charge >= 0.3 is 11.9 Å². The van der Waals surface area contributed by atoms with E-state index in [1.807, 2.05) is 13.0 Å².